The summed E-state index contributed by atoms with van der Waals surface area (Å²) in [4.78, 5) is 14.9. The standard InChI is InChI=1S/C16H22N2O2S/c1-20-9-5-8-15-10-14(12-21-15)18(16(17)19)11-13-6-3-2-4-7-13/h2-4,6-8,14H,5,9-12H2,1H3,(H2,17,19)/b15-8+/t14-/m1/s1. The number of benzene rings is 1. The minimum Gasteiger partial charge on any atom is -0.384 e. The van der Waals surface area contributed by atoms with Gasteiger partial charge in [0.15, 0.2) is 0 Å². The smallest absolute Gasteiger partial charge is 0.315 e. The van der Waals surface area contributed by atoms with E-state index in [1.807, 2.05) is 42.1 Å². The molecule has 0 bridgehead atoms. The van der Waals surface area contributed by atoms with Crippen molar-refractivity contribution in [3.63, 3.8) is 0 Å². The molecule has 5 heteroatoms. The van der Waals surface area contributed by atoms with E-state index in [2.05, 4.69) is 6.08 Å². The highest BCUT2D eigenvalue weighted by atomic mass is 32.2. The third-order valence-corrected chi connectivity index (χ3v) is 4.77. The number of amides is 2. The maximum Gasteiger partial charge on any atom is 0.315 e. The molecule has 1 aromatic carbocycles. The second-order valence-corrected chi connectivity index (χ2v) is 6.22. The number of nitrogens with two attached hydrogens (primary N) is 1. The topological polar surface area (TPSA) is 55.6 Å². The summed E-state index contributed by atoms with van der Waals surface area (Å²) in [6, 6.07) is 9.81. The van der Waals surface area contributed by atoms with Crippen molar-refractivity contribution in [1.29, 1.82) is 0 Å². The molecule has 1 saturated heterocycles. The molecule has 0 radical (unpaired) electrons. The van der Waals surface area contributed by atoms with Crippen LogP contribution in [0.3, 0.4) is 0 Å². The van der Waals surface area contributed by atoms with Crippen molar-refractivity contribution in [2.45, 2.75) is 25.4 Å². The maximum absolute atomic E-state index is 11.8. The average Bonchev–Trinajstić information content (AvgIpc) is 2.94. The van der Waals surface area contributed by atoms with Gasteiger partial charge in [-0.05, 0) is 23.3 Å². The molecule has 0 aliphatic carbocycles. The molecule has 2 N–H and O–H groups in total. The van der Waals surface area contributed by atoms with Crippen LogP contribution in [-0.2, 0) is 11.3 Å². The summed E-state index contributed by atoms with van der Waals surface area (Å²) in [6.07, 6.45) is 4.01. The van der Waals surface area contributed by atoms with Crippen molar-refractivity contribution >= 4 is 17.8 Å². The van der Waals surface area contributed by atoms with E-state index in [4.69, 9.17) is 10.5 Å². The number of hydrogen-bond donors (Lipinski definition) is 1. The number of hydrogen-bond acceptors (Lipinski definition) is 3. The first-order chi connectivity index (χ1) is 10.2. The Hall–Kier alpha value is -1.46. The molecule has 1 aliphatic heterocycles. The summed E-state index contributed by atoms with van der Waals surface area (Å²) in [5.74, 6) is 0.911. The van der Waals surface area contributed by atoms with Gasteiger partial charge in [0.1, 0.15) is 0 Å². The largest absolute Gasteiger partial charge is 0.384 e. The number of carbonyl (C=O) groups excluding carboxylic acids is 1. The lowest BCUT2D eigenvalue weighted by molar-refractivity contribution is 0.187. The van der Waals surface area contributed by atoms with E-state index in [1.54, 1.807) is 12.0 Å². The Balaban J connectivity index is 1.97. The van der Waals surface area contributed by atoms with E-state index in [0.717, 1.165) is 30.8 Å². The molecular formula is C16H22N2O2S. The lowest BCUT2D eigenvalue weighted by Crippen LogP contribution is -2.43. The minimum absolute atomic E-state index is 0.182. The fraction of sp³-hybridized carbons (Fsp3) is 0.438. The monoisotopic (exact) mass is 306 g/mol. The second-order valence-electron chi connectivity index (χ2n) is 5.07. The molecule has 1 fully saturated rings. The molecule has 0 unspecified atom stereocenters. The predicted molar refractivity (Wildman–Crippen MR) is 87.0 cm³/mol. The summed E-state index contributed by atoms with van der Waals surface area (Å²) in [5.41, 5.74) is 6.68. The van der Waals surface area contributed by atoms with Crippen LogP contribution < -0.4 is 5.73 Å². The minimum atomic E-state index is -0.345. The highest BCUT2D eigenvalue weighted by molar-refractivity contribution is 8.03. The van der Waals surface area contributed by atoms with Gasteiger partial charge in [0.25, 0.3) is 0 Å². The van der Waals surface area contributed by atoms with Crippen molar-refractivity contribution in [3.8, 4) is 0 Å². The molecule has 2 rings (SSSR count). The van der Waals surface area contributed by atoms with Crippen LogP contribution in [0.15, 0.2) is 41.3 Å². The van der Waals surface area contributed by atoms with E-state index < -0.39 is 0 Å². The van der Waals surface area contributed by atoms with Crippen LogP contribution in [0.1, 0.15) is 18.4 Å². The van der Waals surface area contributed by atoms with E-state index in [9.17, 15) is 4.79 Å². The molecule has 2 amide bonds. The van der Waals surface area contributed by atoms with Gasteiger partial charge in [-0.3, -0.25) is 0 Å². The molecule has 1 aliphatic rings. The van der Waals surface area contributed by atoms with Gasteiger partial charge >= 0.3 is 6.03 Å². The predicted octanol–water partition coefficient (Wildman–Crippen LogP) is 2.99. The summed E-state index contributed by atoms with van der Waals surface area (Å²) in [5, 5.41) is 0. The number of ether oxygens (including phenoxy) is 1. The first-order valence-corrected chi connectivity index (χ1v) is 8.10. The van der Waals surface area contributed by atoms with Gasteiger partial charge in [0.2, 0.25) is 0 Å². The van der Waals surface area contributed by atoms with Crippen LogP contribution in [0.5, 0.6) is 0 Å². The molecule has 114 valence electrons. The summed E-state index contributed by atoms with van der Waals surface area (Å²) in [6.45, 7) is 1.31. The SMILES string of the molecule is COCC/C=C1\C[C@@H](N(Cc2ccccc2)C(N)=O)CS1. The van der Waals surface area contributed by atoms with Gasteiger partial charge in [-0.15, -0.1) is 11.8 Å². The average molecular weight is 306 g/mol. The second kappa shape index (κ2) is 8.10. The summed E-state index contributed by atoms with van der Waals surface area (Å²) >= 11 is 1.81. The number of methoxy groups -OCH3 is 1. The number of rotatable bonds is 6. The highest BCUT2D eigenvalue weighted by Gasteiger charge is 2.28. The number of carbonyl (C=O) groups is 1. The van der Waals surface area contributed by atoms with E-state index in [-0.39, 0.29) is 12.1 Å². The third-order valence-electron chi connectivity index (χ3n) is 3.51. The van der Waals surface area contributed by atoms with Crippen LogP contribution in [0, 0.1) is 0 Å². The van der Waals surface area contributed by atoms with Crippen molar-refractivity contribution in [2.75, 3.05) is 19.5 Å². The zero-order valence-corrected chi connectivity index (χ0v) is 13.1. The Morgan fingerprint density at radius 3 is 2.90 bits per heavy atom. The van der Waals surface area contributed by atoms with Gasteiger partial charge in [-0.1, -0.05) is 36.4 Å². The molecule has 4 nitrogen and oxygen atoms in total. The van der Waals surface area contributed by atoms with Gasteiger partial charge in [0.05, 0.1) is 0 Å². The molecular weight excluding hydrogens is 284 g/mol. The zero-order chi connectivity index (χ0) is 15.1. The van der Waals surface area contributed by atoms with Crippen LogP contribution in [0.4, 0.5) is 4.79 Å². The third kappa shape index (κ3) is 4.79. The Labute approximate surface area is 130 Å². The summed E-state index contributed by atoms with van der Waals surface area (Å²) < 4.78 is 5.05. The van der Waals surface area contributed by atoms with Gasteiger partial charge < -0.3 is 15.4 Å². The van der Waals surface area contributed by atoms with Crippen molar-refractivity contribution in [1.82, 2.24) is 4.90 Å². The Bertz CT molecular complexity index is 490. The lowest BCUT2D eigenvalue weighted by Gasteiger charge is -2.26. The van der Waals surface area contributed by atoms with Crippen molar-refractivity contribution in [2.24, 2.45) is 5.73 Å². The molecule has 1 aromatic rings. The first-order valence-electron chi connectivity index (χ1n) is 7.11. The van der Waals surface area contributed by atoms with E-state index in [1.165, 1.54) is 4.91 Å². The van der Waals surface area contributed by atoms with Crippen LogP contribution >= 0.6 is 11.8 Å². The fourth-order valence-electron chi connectivity index (χ4n) is 2.40. The van der Waals surface area contributed by atoms with Gasteiger partial charge in [0, 0.05) is 32.1 Å². The molecule has 0 saturated carbocycles. The molecule has 0 aromatic heterocycles. The van der Waals surface area contributed by atoms with E-state index in [0.29, 0.717) is 6.54 Å². The van der Waals surface area contributed by atoms with Crippen LogP contribution in [0.25, 0.3) is 0 Å². The molecule has 21 heavy (non-hydrogen) atoms. The van der Waals surface area contributed by atoms with Crippen molar-refractivity contribution in [3.05, 3.63) is 46.9 Å². The Morgan fingerprint density at radius 2 is 2.24 bits per heavy atom. The number of primary amides is 1. The number of thioether (sulfide) groups is 1. The zero-order valence-electron chi connectivity index (χ0n) is 12.3. The first kappa shape index (κ1) is 15.9. The van der Waals surface area contributed by atoms with Crippen molar-refractivity contribution < 1.29 is 9.53 Å². The maximum atomic E-state index is 11.8. The summed E-state index contributed by atoms with van der Waals surface area (Å²) in [7, 11) is 1.71. The number of urea groups is 1. The quantitative estimate of drug-likeness (QED) is 0.822. The van der Waals surface area contributed by atoms with Gasteiger partial charge in [-0.25, -0.2) is 4.79 Å². The fourth-order valence-corrected chi connectivity index (χ4v) is 3.65. The molecule has 0 spiro atoms. The Kier molecular flexibility index (Phi) is 6.14. The van der Waals surface area contributed by atoms with Gasteiger partial charge in [-0.2, -0.15) is 0 Å². The number of nitrogens with zero attached hydrogens (tertiary/aromatic N) is 1. The Morgan fingerprint density at radius 1 is 1.48 bits per heavy atom. The molecule has 1 heterocycles. The van der Waals surface area contributed by atoms with Crippen LogP contribution in [-0.4, -0.2) is 36.4 Å². The lowest BCUT2D eigenvalue weighted by atomic mass is 10.1. The van der Waals surface area contributed by atoms with Crippen LogP contribution in [0.2, 0.25) is 0 Å². The van der Waals surface area contributed by atoms with E-state index >= 15 is 0 Å². The normalized spacial score (nSPS) is 19.9. The highest BCUT2D eigenvalue weighted by Crippen LogP contribution is 2.34. The molecule has 1 atom stereocenters.